The van der Waals surface area contributed by atoms with Crippen LogP contribution in [0, 0.1) is 5.92 Å². The van der Waals surface area contributed by atoms with E-state index in [-0.39, 0.29) is 11.5 Å². The van der Waals surface area contributed by atoms with Gasteiger partial charge in [0.05, 0.1) is 17.9 Å². The summed E-state index contributed by atoms with van der Waals surface area (Å²) < 4.78 is 3.76. The number of nitrogens with zero attached hydrogens (tertiary/aromatic N) is 7. The molecule has 6 rings (SSSR count). The summed E-state index contributed by atoms with van der Waals surface area (Å²) in [5.41, 5.74) is 1.66. The van der Waals surface area contributed by atoms with Gasteiger partial charge < -0.3 is 4.98 Å². The maximum Gasteiger partial charge on any atom is 0.262 e. The molecule has 1 N–H and O–H groups in total. The Morgan fingerprint density at radius 3 is 2.79 bits per heavy atom. The van der Waals surface area contributed by atoms with Crippen LogP contribution in [0.25, 0.3) is 16.9 Å². The minimum atomic E-state index is -0.0847. The Hall–Kier alpha value is -3.33. The zero-order valence-electron chi connectivity index (χ0n) is 18.8. The van der Waals surface area contributed by atoms with Crippen molar-refractivity contribution >= 4 is 11.0 Å². The molecule has 0 aromatic carbocycles. The predicted octanol–water partition coefficient (Wildman–Crippen LogP) is 3.05. The van der Waals surface area contributed by atoms with Crippen molar-refractivity contribution in [2.75, 3.05) is 13.1 Å². The number of aromatic nitrogens is 7. The molecule has 4 aromatic rings. The van der Waals surface area contributed by atoms with E-state index in [1.807, 2.05) is 29.1 Å². The van der Waals surface area contributed by atoms with Gasteiger partial charge in [-0.1, -0.05) is 25.8 Å². The van der Waals surface area contributed by atoms with Gasteiger partial charge in [0.1, 0.15) is 11.2 Å². The monoisotopic (exact) mass is 444 g/mol. The number of rotatable bonds is 5. The van der Waals surface area contributed by atoms with Crippen LogP contribution in [0.3, 0.4) is 0 Å². The van der Waals surface area contributed by atoms with E-state index in [0.717, 1.165) is 55.5 Å². The molecule has 9 heteroatoms. The fourth-order valence-corrected chi connectivity index (χ4v) is 5.41. The first kappa shape index (κ1) is 20.3. The Labute approximate surface area is 191 Å². The van der Waals surface area contributed by atoms with Crippen molar-refractivity contribution < 1.29 is 0 Å². The Kier molecular flexibility index (Phi) is 5.05. The zero-order valence-corrected chi connectivity index (χ0v) is 18.8. The molecule has 5 heterocycles. The highest BCUT2D eigenvalue weighted by Gasteiger charge is 2.33. The molecule has 0 unspecified atom stereocenters. The Balaban J connectivity index is 1.24. The highest BCUT2D eigenvalue weighted by atomic mass is 16.1. The van der Waals surface area contributed by atoms with E-state index in [9.17, 15) is 4.79 Å². The molecule has 0 radical (unpaired) electrons. The first-order valence-corrected chi connectivity index (χ1v) is 11.8. The number of likely N-dealkylation sites (tertiary alicyclic amines) is 1. The van der Waals surface area contributed by atoms with Crippen LogP contribution in [0.5, 0.6) is 0 Å². The normalized spacial score (nSPS) is 22.0. The van der Waals surface area contributed by atoms with Gasteiger partial charge >= 0.3 is 0 Å². The maximum absolute atomic E-state index is 12.8. The van der Waals surface area contributed by atoms with Gasteiger partial charge in [-0.3, -0.25) is 9.69 Å². The van der Waals surface area contributed by atoms with E-state index in [0.29, 0.717) is 17.3 Å². The van der Waals surface area contributed by atoms with Crippen molar-refractivity contribution in [2.45, 2.75) is 51.1 Å². The summed E-state index contributed by atoms with van der Waals surface area (Å²) in [6.07, 6.45) is 9.97. The van der Waals surface area contributed by atoms with E-state index in [2.05, 4.69) is 33.1 Å². The number of hydrogen-bond acceptors (Lipinski definition) is 6. The lowest BCUT2D eigenvalue weighted by Gasteiger charge is -2.16. The Bertz CT molecular complexity index is 1320. The molecular weight excluding hydrogens is 416 g/mol. The smallest absolute Gasteiger partial charge is 0.262 e. The van der Waals surface area contributed by atoms with Crippen LogP contribution in [-0.4, -0.2) is 52.5 Å². The third-order valence-corrected chi connectivity index (χ3v) is 7.11. The largest absolute Gasteiger partial charge is 0.310 e. The van der Waals surface area contributed by atoms with Crippen LogP contribution >= 0.6 is 0 Å². The molecule has 0 spiro atoms. The zero-order chi connectivity index (χ0) is 22.4. The molecule has 2 aliphatic rings. The number of nitrogens with one attached hydrogen (secondary N) is 1. The lowest BCUT2D eigenvalue weighted by Crippen LogP contribution is -2.22. The fraction of sp³-hybridized carbons (Fsp3) is 0.458. The first-order chi connectivity index (χ1) is 16.2. The van der Waals surface area contributed by atoms with Crippen molar-refractivity contribution in [1.29, 1.82) is 0 Å². The van der Waals surface area contributed by atoms with Crippen LogP contribution in [0.1, 0.15) is 56.1 Å². The van der Waals surface area contributed by atoms with Gasteiger partial charge in [0, 0.05) is 37.9 Å². The lowest BCUT2D eigenvalue weighted by molar-refractivity contribution is 0.314. The molecule has 2 atom stereocenters. The number of fused-ring (bicyclic) bond motifs is 1. The van der Waals surface area contributed by atoms with Crippen LogP contribution in [0.15, 0.2) is 47.7 Å². The molecule has 4 aromatic heterocycles. The van der Waals surface area contributed by atoms with Gasteiger partial charge in [-0.05, 0) is 37.0 Å². The fourth-order valence-electron chi connectivity index (χ4n) is 5.41. The standard InChI is InChI=1S/C24H28N8O/c1-16-13-30(14-17-6-4-9-21(27-17)31-11-5-10-25-31)15-20(16)22-28-23-19(24(33)29-22)12-26-32(23)18-7-2-3-8-18/h4-6,9-12,16,18,20H,2-3,7-8,13-15H2,1H3,(H,28,29,33)/t16-,20-/m1/s1. The van der Waals surface area contributed by atoms with Crippen LogP contribution < -0.4 is 5.56 Å². The summed E-state index contributed by atoms with van der Waals surface area (Å²) in [6.45, 7) is 4.75. The minimum absolute atomic E-state index is 0.0847. The van der Waals surface area contributed by atoms with Crippen LogP contribution in [0.2, 0.25) is 0 Å². The van der Waals surface area contributed by atoms with E-state index in [1.165, 1.54) is 12.8 Å². The van der Waals surface area contributed by atoms with Crippen LogP contribution in [-0.2, 0) is 6.54 Å². The quantitative estimate of drug-likeness (QED) is 0.508. The second kappa shape index (κ2) is 8.22. The number of hydrogen-bond donors (Lipinski definition) is 1. The SMILES string of the molecule is C[C@@H]1CN(Cc2cccc(-n3cccn3)n2)C[C@H]1c1nc2c(cnn2C2CCCC2)c(=O)[nH]1. The van der Waals surface area contributed by atoms with Crippen molar-refractivity contribution in [1.82, 2.24) is 39.4 Å². The van der Waals surface area contributed by atoms with Crippen LogP contribution in [0.4, 0.5) is 0 Å². The van der Waals surface area contributed by atoms with E-state index < -0.39 is 0 Å². The molecule has 1 saturated carbocycles. The Morgan fingerprint density at radius 2 is 1.97 bits per heavy atom. The summed E-state index contributed by atoms with van der Waals surface area (Å²) in [7, 11) is 0. The van der Waals surface area contributed by atoms with Gasteiger partial charge in [-0.25, -0.2) is 19.3 Å². The van der Waals surface area contributed by atoms with Crippen molar-refractivity contribution in [3.8, 4) is 5.82 Å². The highest BCUT2D eigenvalue weighted by Crippen LogP contribution is 2.33. The van der Waals surface area contributed by atoms with E-state index >= 15 is 0 Å². The molecule has 0 amide bonds. The van der Waals surface area contributed by atoms with Gasteiger partial charge in [-0.15, -0.1) is 0 Å². The molecule has 9 nitrogen and oxygen atoms in total. The van der Waals surface area contributed by atoms with Gasteiger partial charge in [0.2, 0.25) is 0 Å². The highest BCUT2D eigenvalue weighted by molar-refractivity contribution is 5.73. The summed E-state index contributed by atoms with van der Waals surface area (Å²) in [6, 6.07) is 8.29. The van der Waals surface area contributed by atoms with Gasteiger partial charge in [0.15, 0.2) is 11.5 Å². The first-order valence-electron chi connectivity index (χ1n) is 11.8. The maximum atomic E-state index is 12.8. The second-order valence-electron chi connectivity index (χ2n) is 9.43. The molecule has 1 aliphatic carbocycles. The van der Waals surface area contributed by atoms with E-state index in [4.69, 9.17) is 9.97 Å². The number of aromatic amines is 1. The summed E-state index contributed by atoms with van der Waals surface area (Å²) in [5, 5.41) is 9.40. The number of pyridine rings is 1. The van der Waals surface area contributed by atoms with Crippen molar-refractivity contribution in [3.05, 3.63) is 64.7 Å². The van der Waals surface area contributed by atoms with Crippen molar-refractivity contribution in [2.24, 2.45) is 5.92 Å². The summed E-state index contributed by atoms with van der Waals surface area (Å²) >= 11 is 0. The topological polar surface area (TPSA) is 97.5 Å². The molecule has 1 saturated heterocycles. The number of H-pyrrole nitrogens is 1. The summed E-state index contributed by atoms with van der Waals surface area (Å²) in [5.74, 6) is 2.14. The molecule has 2 fully saturated rings. The average molecular weight is 445 g/mol. The lowest BCUT2D eigenvalue weighted by atomic mass is 9.97. The Morgan fingerprint density at radius 1 is 1.09 bits per heavy atom. The van der Waals surface area contributed by atoms with Crippen molar-refractivity contribution in [3.63, 3.8) is 0 Å². The average Bonchev–Trinajstić information content (AvgIpc) is 3.60. The molecule has 1 aliphatic heterocycles. The minimum Gasteiger partial charge on any atom is -0.310 e. The predicted molar refractivity (Wildman–Crippen MR) is 124 cm³/mol. The molecule has 33 heavy (non-hydrogen) atoms. The third-order valence-electron chi connectivity index (χ3n) is 7.11. The van der Waals surface area contributed by atoms with Gasteiger partial charge in [0.25, 0.3) is 5.56 Å². The summed E-state index contributed by atoms with van der Waals surface area (Å²) in [4.78, 5) is 28.0. The third kappa shape index (κ3) is 3.76. The molecular formula is C24H28N8O. The second-order valence-corrected chi connectivity index (χ2v) is 9.43. The molecule has 0 bridgehead atoms. The van der Waals surface area contributed by atoms with Gasteiger partial charge in [-0.2, -0.15) is 10.2 Å². The van der Waals surface area contributed by atoms with E-state index in [1.54, 1.807) is 17.1 Å². The molecule has 170 valence electrons.